The standard InChI is InChI=1S/C19H22FNO2/c1-22-18-7-2-4-15(10-18)12-21-13-19(8-9-23-14-19)16-5-3-6-17(20)11-16/h2-7,10-11,21H,8-9,12-14H2,1H3. The fourth-order valence-electron chi connectivity index (χ4n) is 3.12. The van der Waals surface area contributed by atoms with Gasteiger partial charge < -0.3 is 14.8 Å². The molecule has 1 saturated heterocycles. The largest absolute Gasteiger partial charge is 0.497 e. The molecular weight excluding hydrogens is 293 g/mol. The third kappa shape index (κ3) is 3.71. The Morgan fingerprint density at radius 2 is 2.09 bits per heavy atom. The zero-order valence-electron chi connectivity index (χ0n) is 13.3. The first kappa shape index (κ1) is 16.0. The molecule has 2 aromatic rings. The molecule has 1 heterocycles. The van der Waals surface area contributed by atoms with E-state index in [9.17, 15) is 4.39 Å². The van der Waals surface area contributed by atoms with Gasteiger partial charge in [0.15, 0.2) is 0 Å². The van der Waals surface area contributed by atoms with Crippen LogP contribution >= 0.6 is 0 Å². The van der Waals surface area contributed by atoms with E-state index in [4.69, 9.17) is 9.47 Å². The SMILES string of the molecule is COc1cccc(CNCC2(c3cccc(F)c3)CCOC2)c1. The van der Waals surface area contributed by atoms with Gasteiger partial charge >= 0.3 is 0 Å². The number of nitrogens with one attached hydrogen (secondary N) is 1. The minimum atomic E-state index is -0.193. The molecule has 1 fully saturated rings. The summed E-state index contributed by atoms with van der Waals surface area (Å²) in [6, 6.07) is 14.9. The average Bonchev–Trinajstić information content (AvgIpc) is 3.05. The molecule has 23 heavy (non-hydrogen) atoms. The number of rotatable bonds is 6. The number of methoxy groups -OCH3 is 1. The lowest BCUT2D eigenvalue weighted by Crippen LogP contribution is -2.38. The van der Waals surface area contributed by atoms with Crippen LogP contribution in [0.15, 0.2) is 48.5 Å². The molecular formula is C19H22FNO2. The molecule has 3 nitrogen and oxygen atoms in total. The summed E-state index contributed by atoms with van der Waals surface area (Å²) in [6.07, 6.45) is 0.904. The van der Waals surface area contributed by atoms with Gasteiger partial charge in [0.1, 0.15) is 11.6 Å². The number of halogens is 1. The van der Waals surface area contributed by atoms with Crippen molar-refractivity contribution in [3.63, 3.8) is 0 Å². The molecule has 0 aliphatic carbocycles. The van der Waals surface area contributed by atoms with Crippen LogP contribution in [0.5, 0.6) is 5.75 Å². The van der Waals surface area contributed by atoms with Crippen molar-refractivity contribution in [3.8, 4) is 5.75 Å². The summed E-state index contributed by atoms with van der Waals surface area (Å²) in [4.78, 5) is 0. The maximum absolute atomic E-state index is 13.6. The van der Waals surface area contributed by atoms with Crippen molar-refractivity contribution in [2.24, 2.45) is 0 Å². The number of hydrogen-bond acceptors (Lipinski definition) is 3. The summed E-state index contributed by atoms with van der Waals surface area (Å²) in [7, 11) is 1.67. The van der Waals surface area contributed by atoms with E-state index in [1.807, 2.05) is 24.3 Å². The molecule has 0 saturated carbocycles. The summed E-state index contributed by atoms with van der Waals surface area (Å²) in [6.45, 7) is 2.85. The lowest BCUT2D eigenvalue weighted by Gasteiger charge is -2.28. The third-order valence-electron chi connectivity index (χ3n) is 4.47. The van der Waals surface area contributed by atoms with E-state index < -0.39 is 0 Å². The quantitative estimate of drug-likeness (QED) is 0.887. The molecule has 0 aromatic heterocycles. The van der Waals surface area contributed by atoms with Crippen LogP contribution in [-0.2, 0) is 16.7 Å². The molecule has 1 aliphatic rings. The van der Waals surface area contributed by atoms with Crippen LogP contribution in [0, 0.1) is 5.82 Å². The van der Waals surface area contributed by atoms with Gasteiger partial charge in [0.2, 0.25) is 0 Å². The first-order valence-corrected chi connectivity index (χ1v) is 7.89. The highest BCUT2D eigenvalue weighted by Crippen LogP contribution is 2.33. The average molecular weight is 315 g/mol. The summed E-state index contributed by atoms with van der Waals surface area (Å²) in [5.74, 6) is 0.662. The molecule has 1 aliphatic heterocycles. The van der Waals surface area contributed by atoms with Gasteiger partial charge in [-0.1, -0.05) is 24.3 Å². The van der Waals surface area contributed by atoms with E-state index in [2.05, 4.69) is 11.4 Å². The van der Waals surface area contributed by atoms with Gasteiger partial charge in [0.25, 0.3) is 0 Å². The highest BCUT2D eigenvalue weighted by molar-refractivity contribution is 5.30. The second-order valence-electron chi connectivity index (χ2n) is 6.05. The molecule has 1 atom stereocenters. The Morgan fingerprint density at radius 1 is 1.22 bits per heavy atom. The predicted molar refractivity (Wildman–Crippen MR) is 88.2 cm³/mol. The van der Waals surface area contributed by atoms with E-state index in [0.717, 1.165) is 43.0 Å². The fourth-order valence-corrected chi connectivity index (χ4v) is 3.12. The van der Waals surface area contributed by atoms with Crippen LogP contribution in [-0.4, -0.2) is 26.9 Å². The predicted octanol–water partition coefficient (Wildman–Crippen LogP) is 3.28. The number of hydrogen-bond donors (Lipinski definition) is 1. The Bertz CT molecular complexity index is 653. The molecule has 0 spiro atoms. The number of ether oxygens (including phenoxy) is 2. The van der Waals surface area contributed by atoms with E-state index in [1.165, 1.54) is 6.07 Å². The molecule has 0 amide bonds. The van der Waals surface area contributed by atoms with Gasteiger partial charge in [-0.2, -0.15) is 0 Å². The third-order valence-corrected chi connectivity index (χ3v) is 4.47. The van der Waals surface area contributed by atoms with Crippen molar-refractivity contribution >= 4 is 0 Å². The Hall–Kier alpha value is -1.91. The van der Waals surface area contributed by atoms with Crippen molar-refractivity contribution in [1.29, 1.82) is 0 Å². The van der Waals surface area contributed by atoms with E-state index in [-0.39, 0.29) is 11.2 Å². The molecule has 4 heteroatoms. The summed E-state index contributed by atoms with van der Waals surface area (Å²) < 4.78 is 24.4. The summed E-state index contributed by atoms with van der Waals surface area (Å²) in [5.41, 5.74) is 2.02. The van der Waals surface area contributed by atoms with Gasteiger partial charge in [0, 0.05) is 25.1 Å². The van der Waals surface area contributed by atoms with Crippen LogP contribution in [0.1, 0.15) is 17.5 Å². The van der Waals surface area contributed by atoms with Crippen LogP contribution in [0.2, 0.25) is 0 Å². The molecule has 2 aromatic carbocycles. The van der Waals surface area contributed by atoms with Gasteiger partial charge in [-0.05, 0) is 41.8 Å². The summed E-state index contributed by atoms with van der Waals surface area (Å²) >= 11 is 0. The van der Waals surface area contributed by atoms with Crippen LogP contribution in [0.3, 0.4) is 0 Å². The van der Waals surface area contributed by atoms with Gasteiger partial charge in [-0.25, -0.2) is 4.39 Å². The molecule has 0 radical (unpaired) electrons. The van der Waals surface area contributed by atoms with Crippen molar-refractivity contribution in [2.75, 3.05) is 26.9 Å². The second-order valence-corrected chi connectivity index (χ2v) is 6.05. The normalized spacial score (nSPS) is 20.6. The zero-order valence-corrected chi connectivity index (χ0v) is 13.3. The lowest BCUT2D eigenvalue weighted by molar-refractivity contribution is 0.176. The molecule has 0 bridgehead atoms. The van der Waals surface area contributed by atoms with Crippen molar-refractivity contribution < 1.29 is 13.9 Å². The van der Waals surface area contributed by atoms with Gasteiger partial charge in [0.05, 0.1) is 13.7 Å². The molecule has 3 rings (SSSR count). The highest BCUT2D eigenvalue weighted by Gasteiger charge is 2.36. The monoisotopic (exact) mass is 315 g/mol. The minimum Gasteiger partial charge on any atom is -0.497 e. The molecule has 1 N–H and O–H groups in total. The lowest BCUT2D eigenvalue weighted by atomic mass is 9.79. The Morgan fingerprint density at radius 3 is 2.83 bits per heavy atom. The Kier molecular flexibility index (Phi) is 4.94. The van der Waals surface area contributed by atoms with Crippen LogP contribution in [0.25, 0.3) is 0 Å². The van der Waals surface area contributed by atoms with Crippen molar-refractivity contribution in [2.45, 2.75) is 18.4 Å². The number of benzene rings is 2. The van der Waals surface area contributed by atoms with Crippen molar-refractivity contribution in [1.82, 2.24) is 5.32 Å². The second kappa shape index (κ2) is 7.11. The van der Waals surface area contributed by atoms with Crippen LogP contribution in [0.4, 0.5) is 4.39 Å². The smallest absolute Gasteiger partial charge is 0.123 e. The highest BCUT2D eigenvalue weighted by atomic mass is 19.1. The minimum absolute atomic E-state index is 0.152. The van der Waals surface area contributed by atoms with Gasteiger partial charge in [-0.3, -0.25) is 0 Å². The maximum Gasteiger partial charge on any atom is 0.123 e. The fraction of sp³-hybridized carbons (Fsp3) is 0.368. The Labute approximate surface area is 136 Å². The topological polar surface area (TPSA) is 30.5 Å². The zero-order chi connectivity index (χ0) is 16.1. The molecule has 1 unspecified atom stereocenters. The Balaban J connectivity index is 1.68. The van der Waals surface area contributed by atoms with E-state index in [0.29, 0.717) is 6.61 Å². The summed E-state index contributed by atoms with van der Waals surface area (Å²) in [5, 5.41) is 3.50. The maximum atomic E-state index is 13.6. The van der Waals surface area contributed by atoms with Crippen LogP contribution < -0.4 is 10.1 Å². The van der Waals surface area contributed by atoms with Gasteiger partial charge in [-0.15, -0.1) is 0 Å². The van der Waals surface area contributed by atoms with E-state index in [1.54, 1.807) is 19.2 Å². The van der Waals surface area contributed by atoms with E-state index >= 15 is 0 Å². The first-order chi connectivity index (χ1) is 11.2. The van der Waals surface area contributed by atoms with Crippen molar-refractivity contribution in [3.05, 3.63) is 65.5 Å². The first-order valence-electron chi connectivity index (χ1n) is 7.89. The molecule has 122 valence electrons.